The predicted octanol–water partition coefficient (Wildman–Crippen LogP) is 5.73. The molecular weight excluding hydrogens is 365 g/mol. The van der Waals surface area contributed by atoms with Crippen LogP contribution in [-0.2, 0) is 13.1 Å². The van der Waals surface area contributed by atoms with Crippen molar-refractivity contribution >= 4 is 16.9 Å². The second-order valence-electron chi connectivity index (χ2n) is 7.62. The number of unbranched alkanes of at least 4 members (excludes halogenated alkanes) is 2. The van der Waals surface area contributed by atoms with Gasteiger partial charge in [-0.05, 0) is 50.1 Å². The topological polar surface area (TPSA) is 38.1 Å². The number of halogens is 1. The number of carbonyl (C=O) groups excluding carboxylic acids is 1. The van der Waals surface area contributed by atoms with Crippen LogP contribution in [0.15, 0.2) is 42.5 Å². The number of fused-ring (bicyclic) bond motifs is 1. The molecule has 0 spiro atoms. The van der Waals surface area contributed by atoms with Gasteiger partial charge in [-0.25, -0.2) is 9.37 Å². The van der Waals surface area contributed by atoms with Gasteiger partial charge in [0.2, 0.25) is 0 Å². The quantitative estimate of drug-likeness (QED) is 0.434. The minimum absolute atomic E-state index is 0.0195. The van der Waals surface area contributed by atoms with E-state index in [2.05, 4.69) is 18.4 Å². The van der Waals surface area contributed by atoms with Crippen molar-refractivity contribution in [3.8, 4) is 0 Å². The zero-order chi connectivity index (χ0) is 20.8. The van der Waals surface area contributed by atoms with E-state index in [1.54, 1.807) is 6.07 Å². The number of amides is 1. The molecule has 4 nitrogen and oxygen atoms in total. The van der Waals surface area contributed by atoms with Gasteiger partial charge in [-0.2, -0.15) is 0 Å². The molecule has 0 aliphatic carbocycles. The molecule has 29 heavy (non-hydrogen) atoms. The largest absolute Gasteiger partial charge is 0.331 e. The molecule has 3 aromatic rings. The molecule has 1 aromatic heterocycles. The molecule has 3 rings (SSSR count). The maximum Gasteiger partial charge on any atom is 0.254 e. The summed E-state index contributed by atoms with van der Waals surface area (Å²) in [6.45, 7) is 8.09. The molecule has 0 atom stereocenters. The zero-order valence-corrected chi connectivity index (χ0v) is 17.6. The highest BCUT2D eigenvalue weighted by Gasteiger charge is 2.20. The van der Waals surface area contributed by atoms with Gasteiger partial charge in [0.15, 0.2) is 0 Å². The maximum absolute atomic E-state index is 13.8. The number of aryl methyl sites for hydroxylation is 2. The Bertz CT molecular complexity index is 979. The van der Waals surface area contributed by atoms with Crippen LogP contribution in [-0.4, -0.2) is 26.9 Å². The van der Waals surface area contributed by atoms with Crippen LogP contribution in [0.5, 0.6) is 0 Å². The van der Waals surface area contributed by atoms with Crippen LogP contribution in [0.25, 0.3) is 11.0 Å². The number of hydrogen-bond acceptors (Lipinski definition) is 2. The van der Waals surface area contributed by atoms with Crippen molar-refractivity contribution in [1.29, 1.82) is 0 Å². The van der Waals surface area contributed by atoms with Gasteiger partial charge < -0.3 is 9.47 Å². The fourth-order valence-corrected chi connectivity index (χ4v) is 3.68. The Morgan fingerprint density at radius 1 is 1.10 bits per heavy atom. The van der Waals surface area contributed by atoms with Gasteiger partial charge in [0.25, 0.3) is 5.91 Å². The average molecular weight is 396 g/mol. The standard InChI is InChI=1S/C24H30FN3O/c1-4-6-7-14-27(24(29)19-10-8-9-18(3)15-19)17-23-26-21-12-11-20(25)16-22(21)28(23)13-5-2/h8-12,15-16H,4-7,13-14,17H2,1-3H3. The molecule has 0 fully saturated rings. The Morgan fingerprint density at radius 2 is 1.93 bits per heavy atom. The van der Waals surface area contributed by atoms with Gasteiger partial charge in [-0.1, -0.05) is 44.4 Å². The lowest BCUT2D eigenvalue weighted by Crippen LogP contribution is -2.32. The van der Waals surface area contributed by atoms with E-state index in [0.717, 1.165) is 54.6 Å². The normalized spacial score (nSPS) is 11.2. The van der Waals surface area contributed by atoms with Crippen molar-refractivity contribution < 1.29 is 9.18 Å². The third kappa shape index (κ3) is 5.03. The van der Waals surface area contributed by atoms with E-state index >= 15 is 0 Å². The number of hydrogen-bond donors (Lipinski definition) is 0. The third-order valence-electron chi connectivity index (χ3n) is 5.15. The summed E-state index contributed by atoms with van der Waals surface area (Å²) in [5.74, 6) is 0.563. The first-order valence-electron chi connectivity index (χ1n) is 10.5. The summed E-state index contributed by atoms with van der Waals surface area (Å²) in [7, 11) is 0. The van der Waals surface area contributed by atoms with Gasteiger partial charge in [0, 0.05) is 18.7 Å². The Kier molecular flexibility index (Phi) is 7.02. The van der Waals surface area contributed by atoms with Crippen molar-refractivity contribution in [3.05, 3.63) is 65.2 Å². The lowest BCUT2D eigenvalue weighted by Gasteiger charge is -2.23. The van der Waals surface area contributed by atoms with E-state index < -0.39 is 0 Å². The molecule has 0 aliphatic rings. The molecular formula is C24H30FN3O. The molecule has 2 aromatic carbocycles. The first-order valence-corrected chi connectivity index (χ1v) is 10.5. The van der Waals surface area contributed by atoms with Crippen LogP contribution in [0.2, 0.25) is 0 Å². The third-order valence-corrected chi connectivity index (χ3v) is 5.15. The smallest absolute Gasteiger partial charge is 0.254 e. The van der Waals surface area contributed by atoms with Crippen molar-refractivity contribution in [2.45, 2.75) is 59.5 Å². The predicted molar refractivity (Wildman–Crippen MR) is 115 cm³/mol. The van der Waals surface area contributed by atoms with Crippen LogP contribution in [0, 0.1) is 12.7 Å². The number of carbonyl (C=O) groups is 1. The minimum Gasteiger partial charge on any atom is -0.331 e. The molecule has 0 unspecified atom stereocenters. The fraction of sp³-hybridized carbons (Fsp3) is 0.417. The highest BCUT2D eigenvalue weighted by atomic mass is 19.1. The summed E-state index contributed by atoms with van der Waals surface area (Å²) in [5.41, 5.74) is 3.33. The summed E-state index contributed by atoms with van der Waals surface area (Å²) < 4.78 is 15.9. The lowest BCUT2D eigenvalue weighted by molar-refractivity contribution is 0.0734. The highest BCUT2D eigenvalue weighted by molar-refractivity contribution is 5.94. The van der Waals surface area contributed by atoms with Crippen molar-refractivity contribution in [2.24, 2.45) is 0 Å². The summed E-state index contributed by atoms with van der Waals surface area (Å²) in [5, 5.41) is 0. The van der Waals surface area contributed by atoms with Gasteiger partial charge in [-0.3, -0.25) is 4.79 Å². The van der Waals surface area contributed by atoms with Crippen molar-refractivity contribution in [1.82, 2.24) is 14.5 Å². The Morgan fingerprint density at radius 3 is 2.66 bits per heavy atom. The van der Waals surface area contributed by atoms with E-state index in [9.17, 15) is 9.18 Å². The van der Waals surface area contributed by atoms with E-state index in [0.29, 0.717) is 18.7 Å². The van der Waals surface area contributed by atoms with Crippen LogP contribution in [0.4, 0.5) is 4.39 Å². The fourth-order valence-electron chi connectivity index (χ4n) is 3.68. The van der Waals surface area contributed by atoms with Gasteiger partial charge in [-0.15, -0.1) is 0 Å². The van der Waals surface area contributed by atoms with Crippen LogP contribution in [0.1, 0.15) is 61.3 Å². The number of imidazole rings is 1. The summed E-state index contributed by atoms with van der Waals surface area (Å²) in [6, 6.07) is 12.4. The summed E-state index contributed by atoms with van der Waals surface area (Å²) in [6.07, 6.45) is 4.04. The summed E-state index contributed by atoms with van der Waals surface area (Å²) >= 11 is 0. The van der Waals surface area contributed by atoms with E-state index in [1.165, 1.54) is 12.1 Å². The molecule has 0 saturated carbocycles. The second-order valence-corrected chi connectivity index (χ2v) is 7.62. The van der Waals surface area contributed by atoms with E-state index in [-0.39, 0.29) is 11.7 Å². The maximum atomic E-state index is 13.8. The molecule has 1 amide bonds. The van der Waals surface area contributed by atoms with Crippen LogP contribution < -0.4 is 0 Å². The Hall–Kier alpha value is -2.69. The molecule has 0 bridgehead atoms. The monoisotopic (exact) mass is 395 g/mol. The molecule has 154 valence electrons. The zero-order valence-electron chi connectivity index (χ0n) is 17.6. The van der Waals surface area contributed by atoms with Gasteiger partial charge in [0.1, 0.15) is 11.6 Å². The minimum atomic E-state index is -0.267. The first-order chi connectivity index (χ1) is 14.0. The Balaban J connectivity index is 1.94. The second kappa shape index (κ2) is 9.68. The number of aromatic nitrogens is 2. The summed E-state index contributed by atoms with van der Waals surface area (Å²) in [4.78, 5) is 19.9. The van der Waals surface area contributed by atoms with E-state index in [4.69, 9.17) is 4.98 Å². The number of rotatable bonds is 9. The molecule has 0 aliphatic heterocycles. The number of nitrogens with zero attached hydrogens (tertiary/aromatic N) is 3. The number of benzene rings is 2. The SMILES string of the molecule is CCCCCN(Cc1nc2ccc(F)cc2n1CCC)C(=O)c1cccc(C)c1. The molecule has 0 N–H and O–H groups in total. The highest BCUT2D eigenvalue weighted by Crippen LogP contribution is 2.21. The molecule has 1 heterocycles. The van der Waals surface area contributed by atoms with Gasteiger partial charge in [0.05, 0.1) is 17.6 Å². The average Bonchev–Trinajstić information content (AvgIpc) is 3.03. The van der Waals surface area contributed by atoms with E-state index in [1.807, 2.05) is 36.1 Å². The lowest BCUT2D eigenvalue weighted by atomic mass is 10.1. The van der Waals surface area contributed by atoms with Gasteiger partial charge >= 0.3 is 0 Å². The Labute approximate surface area is 172 Å². The van der Waals surface area contributed by atoms with Crippen molar-refractivity contribution in [2.75, 3.05) is 6.54 Å². The molecule has 0 radical (unpaired) electrons. The van der Waals surface area contributed by atoms with Crippen LogP contribution in [0.3, 0.4) is 0 Å². The van der Waals surface area contributed by atoms with Crippen LogP contribution >= 0.6 is 0 Å². The molecule has 5 heteroatoms. The molecule has 0 saturated heterocycles. The first kappa shape index (κ1) is 21.0. The van der Waals surface area contributed by atoms with Crippen molar-refractivity contribution in [3.63, 3.8) is 0 Å².